The molecule has 0 aromatic carbocycles. The third-order valence-electron chi connectivity index (χ3n) is 2.89. The first-order valence-corrected chi connectivity index (χ1v) is 6.73. The van der Waals surface area contributed by atoms with E-state index in [1.54, 1.807) is 51.3 Å². The molecule has 0 radical (unpaired) electrons. The van der Waals surface area contributed by atoms with E-state index in [1.165, 1.54) is 12.3 Å². The Kier molecular flexibility index (Phi) is 3.65. The van der Waals surface area contributed by atoms with E-state index in [2.05, 4.69) is 10.3 Å². The number of nitrogens with one attached hydrogen (secondary N) is 1. The van der Waals surface area contributed by atoms with Gasteiger partial charge in [-0.2, -0.15) is 0 Å². The van der Waals surface area contributed by atoms with Gasteiger partial charge in [-0.3, -0.25) is 4.40 Å². The Morgan fingerprint density at radius 2 is 2.00 bits per heavy atom. The van der Waals surface area contributed by atoms with Gasteiger partial charge in [0, 0.05) is 6.20 Å². The van der Waals surface area contributed by atoms with Gasteiger partial charge in [-0.05, 0) is 46.8 Å². The van der Waals surface area contributed by atoms with E-state index in [1.807, 2.05) is 0 Å². The van der Waals surface area contributed by atoms with Gasteiger partial charge < -0.3 is 10.1 Å². The monoisotopic (exact) mass is 293 g/mol. The van der Waals surface area contributed by atoms with E-state index >= 15 is 0 Å². The van der Waals surface area contributed by atoms with Crippen molar-refractivity contribution in [1.29, 1.82) is 0 Å². The van der Waals surface area contributed by atoms with Crippen LogP contribution < -0.4 is 5.32 Å². The molecule has 0 saturated heterocycles. The lowest BCUT2D eigenvalue weighted by molar-refractivity contribution is 0.0466. The fraction of sp³-hybridized carbons (Fsp3) is 0.467. The van der Waals surface area contributed by atoms with Gasteiger partial charge in [0.25, 0.3) is 0 Å². The van der Waals surface area contributed by atoms with Gasteiger partial charge >= 0.3 is 6.09 Å². The molecule has 0 fully saturated rings. The summed E-state index contributed by atoms with van der Waals surface area (Å²) in [5.41, 5.74) is -1.02. The van der Waals surface area contributed by atoms with E-state index < -0.39 is 17.2 Å². The standard InChI is InChI=1S/C15H20FN3O2/c1-14(2,3)21-13(20)18-15(4,5)12-17-9-11-10(16)7-6-8-19(11)12/h6-9H,1-5H3,(H,18,20). The van der Waals surface area contributed by atoms with E-state index in [0.717, 1.165) is 0 Å². The number of carbonyl (C=O) groups is 1. The summed E-state index contributed by atoms with van der Waals surface area (Å²) in [4.78, 5) is 16.2. The Hall–Kier alpha value is -2.11. The molecule has 0 aliphatic rings. The van der Waals surface area contributed by atoms with Gasteiger partial charge in [0.2, 0.25) is 0 Å². The van der Waals surface area contributed by atoms with Crippen LogP contribution in [0.2, 0.25) is 0 Å². The average molecular weight is 293 g/mol. The van der Waals surface area contributed by atoms with Crippen LogP contribution >= 0.6 is 0 Å². The summed E-state index contributed by atoms with van der Waals surface area (Å²) in [5, 5.41) is 2.76. The van der Waals surface area contributed by atoms with Crippen molar-refractivity contribution in [3.05, 3.63) is 36.2 Å². The molecule has 0 unspecified atom stereocenters. The summed E-state index contributed by atoms with van der Waals surface area (Å²) in [5.74, 6) is 0.173. The number of amides is 1. The molecule has 0 saturated carbocycles. The van der Waals surface area contributed by atoms with Gasteiger partial charge in [-0.25, -0.2) is 14.2 Å². The average Bonchev–Trinajstić information content (AvgIpc) is 2.71. The van der Waals surface area contributed by atoms with E-state index in [4.69, 9.17) is 4.74 Å². The van der Waals surface area contributed by atoms with Crippen LogP contribution in [-0.2, 0) is 10.3 Å². The molecular formula is C15H20FN3O2. The summed E-state index contributed by atoms with van der Waals surface area (Å²) in [6.07, 6.45) is 2.61. The highest BCUT2D eigenvalue weighted by Gasteiger charge is 2.30. The largest absolute Gasteiger partial charge is 0.444 e. The number of nitrogens with zero attached hydrogens (tertiary/aromatic N) is 2. The zero-order valence-electron chi connectivity index (χ0n) is 12.9. The topological polar surface area (TPSA) is 55.6 Å². The molecule has 2 aromatic rings. The molecule has 1 amide bonds. The van der Waals surface area contributed by atoms with Crippen molar-refractivity contribution in [3.8, 4) is 0 Å². The molecule has 2 aromatic heterocycles. The van der Waals surface area contributed by atoms with Crippen LogP contribution in [0.5, 0.6) is 0 Å². The van der Waals surface area contributed by atoms with Crippen LogP contribution in [0, 0.1) is 5.82 Å². The van der Waals surface area contributed by atoms with Crippen LogP contribution in [0.15, 0.2) is 24.5 Å². The Morgan fingerprint density at radius 1 is 1.33 bits per heavy atom. The van der Waals surface area contributed by atoms with Crippen molar-refractivity contribution < 1.29 is 13.9 Å². The molecule has 6 heteroatoms. The van der Waals surface area contributed by atoms with E-state index in [9.17, 15) is 9.18 Å². The predicted octanol–water partition coefficient (Wildman–Crippen LogP) is 3.23. The lowest BCUT2D eigenvalue weighted by Crippen LogP contribution is -2.44. The number of pyridine rings is 1. The van der Waals surface area contributed by atoms with Crippen molar-refractivity contribution in [2.24, 2.45) is 0 Å². The quantitative estimate of drug-likeness (QED) is 0.925. The van der Waals surface area contributed by atoms with Gasteiger partial charge in [-0.15, -0.1) is 0 Å². The van der Waals surface area contributed by atoms with E-state index in [0.29, 0.717) is 11.3 Å². The highest BCUT2D eigenvalue weighted by molar-refractivity contribution is 5.69. The normalized spacial score (nSPS) is 12.5. The second kappa shape index (κ2) is 5.02. The minimum Gasteiger partial charge on any atom is -0.444 e. The summed E-state index contributed by atoms with van der Waals surface area (Å²) in [6, 6.07) is 2.96. The van der Waals surface area contributed by atoms with Crippen LogP contribution in [0.3, 0.4) is 0 Å². The number of ether oxygens (including phenoxy) is 1. The number of halogens is 1. The first-order valence-electron chi connectivity index (χ1n) is 6.73. The first kappa shape index (κ1) is 15.3. The SMILES string of the molecule is CC(C)(C)OC(=O)NC(C)(C)c1ncc2c(F)cccn12. The Labute approximate surface area is 123 Å². The van der Waals surface area contributed by atoms with Crippen molar-refractivity contribution in [1.82, 2.24) is 14.7 Å². The Morgan fingerprint density at radius 3 is 2.62 bits per heavy atom. The maximum Gasteiger partial charge on any atom is 0.408 e. The summed E-state index contributed by atoms with van der Waals surface area (Å²) < 4.78 is 20.6. The molecule has 0 aliphatic carbocycles. The number of fused-ring (bicyclic) bond motifs is 1. The Balaban J connectivity index is 2.30. The van der Waals surface area contributed by atoms with Crippen LogP contribution in [0.4, 0.5) is 9.18 Å². The zero-order valence-corrected chi connectivity index (χ0v) is 12.9. The van der Waals surface area contributed by atoms with Crippen molar-refractivity contribution >= 4 is 11.6 Å². The van der Waals surface area contributed by atoms with Crippen molar-refractivity contribution in [3.63, 3.8) is 0 Å². The maximum atomic E-state index is 13.7. The molecular weight excluding hydrogens is 273 g/mol. The molecule has 0 spiro atoms. The molecule has 21 heavy (non-hydrogen) atoms. The fourth-order valence-corrected chi connectivity index (χ4v) is 2.06. The second-order valence-electron chi connectivity index (χ2n) is 6.45. The molecule has 0 bridgehead atoms. The molecule has 0 aliphatic heterocycles. The maximum absolute atomic E-state index is 13.7. The van der Waals surface area contributed by atoms with E-state index in [-0.39, 0.29) is 5.82 Å². The number of alkyl carbamates (subject to hydrolysis) is 1. The molecule has 5 nitrogen and oxygen atoms in total. The van der Waals surface area contributed by atoms with Gasteiger partial charge in [0.1, 0.15) is 22.8 Å². The number of carbonyl (C=O) groups excluding carboxylic acids is 1. The predicted molar refractivity (Wildman–Crippen MR) is 77.5 cm³/mol. The van der Waals surface area contributed by atoms with Crippen molar-refractivity contribution in [2.75, 3.05) is 0 Å². The van der Waals surface area contributed by atoms with Crippen LogP contribution in [0.1, 0.15) is 40.4 Å². The Bertz CT molecular complexity index is 671. The summed E-state index contributed by atoms with van der Waals surface area (Å²) >= 11 is 0. The summed E-state index contributed by atoms with van der Waals surface area (Å²) in [7, 11) is 0. The van der Waals surface area contributed by atoms with Gasteiger partial charge in [0.15, 0.2) is 0 Å². The fourth-order valence-electron chi connectivity index (χ4n) is 2.06. The molecule has 2 rings (SSSR count). The number of imidazole rings is 1. The third-order valence-corrected chi connectivity index (χ3v) is 2.89. The molecule has 2 heterocycles. The lowest BCUT2D eigenvalue weighted by Gasteiger charge is -2.27. The second-order valence-corrected chi connectivity index (χ2v) is 6.45. The summed E-state index contributed by atoms with van der Waals surface area (Å²) in [6.45, 7) is 8.95. The first-order chi connectivity index (χ1) is 9.60. The van der Waals surface area contributed by atoms with Gasteiger partial charge in [0.05, 0.1) is 11.7 Å². The highest BCUT2D eigenvalue weighted by atomic mass is 19.1. The number of rotatable bonds is 2. The third kappa shape index (κ3) is 3.32. The zero-order chi connectivity index (χ0) is 15.8. The smallest absolute Gasteiger partial charge is 0.408 e. The minimum absolute atomic E-state index is 0.357. The van der Waals surface area contributed by atoms with Crippen LogP contribution in [0.25, 0.3) is 5.52 Å². The number of hydrogen-bond acceptors (Lipinski definition) is 3. The number of hydrogen-bond donors (Lipinski definition) is 1. The lowest BCUT2D eigenvalue weighted by atomic mass is 10.1. The van der Waals surface area contributed by atoms with Crippen molar-refractivity contribution in [2.45, 2.75) is 45.8 Å². The van der Waals surface area contributed by atoms with Crippen LogP contribution in [-0.4, -0.2) is 21.1 Å². The van der Waals surface area contributed by atoms with Gasteiger partial charge in [-0.1, -0.05) is 0 Å². The number of aromatic nitrogens is 2. The minimum atomic E-state index is -0.803. The molecule has 0 atom stereocenters. The molecule has 1 N–H and O–H groups in total. The highest BCUT2D eigenvalue weighted by Crippen LogP contribution is 2.22. The molecule has 114 valence electrons.